The van der Waals surface area contributed by atoms with E-state index in [0.717, 1.165) is 0 Å². The molecule has 0 aliphatic rings. The smallest absolute Gasteiger partial charge is 0.335 e. The first-order valence-corrected chi connectivity index (χ1v) is 4.70. The summed E-state index contributed by atoms with van der Waals surface area (Å²) in [4.78, 5) is 22.4. The number of carboxylic acids is 1. The van der Waals surface area contributed by atoms with Gasteiger partial charge in [0.05, 0.1) is 17.7 Å². The summed E-state index contributed by atoms with van der Waals surface area (Å²) in [5, 5.41) is 9.20. The van der Waals surface area contributed by atoms with Crippen molar-refractivity contribution in [2.75, 3.05) is 0 Å². The first kappa shape index (κ1) is 10.4. The lowest BCUT2D eigenvalue weighted by atomic mass is 10.1. The summed E-state index contributed by atoms with van der Waals surface area (Å²) in [5.74, 6) is -1.05. The van der Waals surface area contributed by atoms with Gasteiger partial charge in [-0.25, -0.2) is 4.79 Å². The first-order valence-electron chi connectivity index (χ1n) is 4.70. The number of aromatic nitrogens is 1. The molecule has 0 radical (unpaired) electrons. The van der Waals surface area contributed by atoms with Crippen LogP contribution < -0.4 is 11.2 Å². The molecular weight excluding hydrogens is 208 g/mol. The van der Waals surface area contributed by atoms with Crippen LogP contribution in [0.15, 0.2) is 35.3 Å². The number of benzene rings is 1. The van der Waals surface area contributed by atoms with Crippen LogP contribution in [0.4, 0.5) is 0 Å². The Morgan fingerprint density at radius 1 is 1.38 bits per heavy atom. The number of rotatable bonds is 2. The Balaban J connectivity index is 2.83. The largest absolute Gasteiger partial charge is 0.478 e. The summed E-state index contributed by atoms with van der Waals surface area (Å²) < 4.78 is 1.68. The third-order valence-electron chi connectivity index (χ3n) is 2.42. The molecule has 2 rings (SSSR count). The molecule has 0 aliphatic heterocycles. The van der Waals surface area contributed by atoms with Crippen LogP contribution in [0.1, 0.15) is 10.4 Å². The van der Waals surface area contributed by atoms with Crippen LogP contribution in [0.25, 0.3) is 10.9 Å². The van der Waals surface area contributed by atoms with Gasteiger partial charge in [-0.05, 0) is 18.2 Å². The molecule has 0 amide bonds. The molecular formula is C11H10N2O3. The second kappa shape index (κ2) is 3.79. The summed E-state index contributed by atoms with van der Waals surface area (Å²) in [6, 6.07) is 5.79. The van der Waals surface area contributed by atoms with E-state index < -0.39 is 5.97 Å². The van der Waals surface area contributed by atoms with E-state index in [-0.39, 0.29) is 17.7 Å². The highest BCUT2D eigenvalue weighted by Crippen LogP contribution is 2.12. The third-order valence-corrected chi connectivity index (χ3v) is 2.42. The minimum atomic E-state index is -1.05. The van der Waals surface area contributed by atoms with Crippen molar-refractivity contribution in [2.45, 2.75) is 6.67 Å². The predicted molar refractivity (Wildman–Crippen MR) is 59.4 cm³/mol. The third kappa shape index (κ3) is 1.57. The molecule has 0 saturated heterocycles. The van der Waals surface area contributed by atoms with Crippen LogP contribution >= 0.6 is 0 Å². The van der Waals surface area contributed by atoms with Crippen LogP contribution in [-0.2, 0) is 6.67 Å². The van der Waals surface area contributed by atoms with Gasteiger partial charge in [0, 0.05) is 17.6 Å². The number of aromatic carboxylic acids is 1. The van der Waals surface area contributed by atoms with Crippen LogP contribution in [-0.4, -0.2) is 15.6 Å². The molecule has 1 aromatic heterocycles. The zero-order valence-electron chi connectivity index (χ0n) is 8.38. The maximum Gasteiger partial charge on any atom is 0.335 e. The lowest BCUT2D eigenvalue weighted by Crippen LogP contribution is -2.13. The molecule has 82 valence electrons. The van der Waals surface area contributed by atoms with Crippen LogP contribution in [0.5, 0.6) is 0 Å². The minimum absolute atomic E-state index is 0.0966. The summed E-state index contributed by atoms with van der Waals surface area (Å²) >= 11 is 0. The number of hydrogen-bond donors (Lipinski definition) is 2. The number of carboxylic acid groups (broad SMARTS) is 1. The lowest BCUT2D eigenvalue weighted by Gasteiger charge is -2.07. The topological polar surface area (TPSA) is 85.3 Å². The highest BCUT2D eigenvalue weighted by Gasteiger charge is 2.07. The molecule has 5 nitrogen and oxygen atoms in total. The summed E-state index contributed by atoms with van der Waals surface area (Å²) in [7, 11) is 0. The molecule has 0 aliphatic carbocycles. The van der Waals surface area contributed by atoms with Gasteiger partial charge in [0.2, 0.25) is 0 Å². The van der Waals surface area contributed by atoms with Gasteiger partial charge >= 0.3 is 5.97 Å². The van der Waals surface area contributed by atoms with Crippen molar-refractivity contribution >= 4 is 16.9 Å². The SMILES string of the molecule is NCn1ccc(=O)c2cc(C(=O)O)ccc21. The van der Waals surface area contributed by atoms with E-state index >= 15 is 0 Å². The molecule has 1 heterocycles. The van der Waals surface area contributed by atoms with Crippen molar-refractivity contribution in [2.24, 2.45) is 5.73 Å². The molecule has 0 unspecified atom stereocenters. The normalized spacial score (nSPS) is 10.6. The Morgan fingerprint density at radius 2 is 2.12 bits per heavy atom. The summed E-state index contributed by atoms with van der Waals surface area (Å²) in [6.07, 6.45) is 1.59. The van der Waals surface area contributed by atoms with Crippen molar-refractivity contribution in [3.63, 3.8) is 0 Å². The van der Waals surface area contributed by atoms with E-state index in [1.165, 1.54) is 18.2 Å². The number of nitrogens with zero attached hydrogens (tertiary/aromatic N) is 1. The van der Waals surface area contributed by atoms with Gasteiger partial charge in [-0.3, -0.25) is 4.79 Å². The van der Waals surface area contributed by atoms with Gasteiger partial charge in [-0.2, -0.15) is 0 Å². The highest BCUT2D eigenvalue weighted by molar-refractivity contribution is 5.93. The molecule has 0 atom stereocenters. The number of carbonyl (C=O) groups is 1. The molecule has 0 saturated carbocycles. The fourth-order valence-corrected chi connectivity index (χ4v) is 1.60. The van der Waals surface area contributed by atoms with Gasteiger partial charge in [-0.15, -0.1) is 0 Å². The van der Waals surface area contributed by atoms with Crippen molar-refractivity contribution in [1.29, 1.82) is 0 Å². The molecule has 0 spiro atoms. The lowest BCUT2D eigenvalue weighted by molar-refractivity contribution is 0.0697. The maximum absolute atomic E-state index is 11.6. The molecule has 1 aromatic carbocycles. The Hall–Kier alpha value is -2.14. The molecule has 2 aromatic rings. The quantitative estimate of drug-likeness (QED) is 0.773. The highest BCUT2D eigenvalue weighted by atomic mass is 16.4. The van der Waals surface area contributed by atoms with Crippen molar-refractivity contribution in [3.8, 4) is 0 Å². The van der Waals surface area contributed by atoms with E-state index in [1.807, 2.05) is 0 Å². The molecule has 16 heavy (non-hydrogen) atoms. The zero-order chi connectivity index (χ0) is 11.7. The average Bonchev–Trinajstić information content (AvgIpc) is 2.29. The standard InChI is InChI=1S/C11H10N2O3/c12-6-13-4-3-10(14)8-5-7(11(15)16)1-2-9(8)13/h1-5H,6,12H2,(H,15,16). The van der Waals surface area contributed by atoms with Crippen LogP contribution in [0.2, 0.25) is 0 Å². The summed E-state index contributed by atoms with van der Waals surface area (Å²) in [6.45, 7) is 0.239. The first-order chi connectivity index (χ1) is 7.63. The van der Waals surface area contributed by atoms with E-state index in [1.54, 1.807) is 16.8 Å². The molecule has 0 bridgehead atoms. The number of hydrogen-bond acceptors (Lipinski definition) is 3. The van der Waals surface area contributed by atoms with E-state index in [9.17, 15) is 9.59 Å². The van der Waals surface area contributed by atoms with E-state index in [2.05, 4.69) is 0 Å². The Kier molecular flexibility index (Phi) is 2.46. The minimum Gasteiger partial charge on any atom is -0.478 e. The Morgan fingerprint density at radius 3 is 2.75 bits per heavy atom. The summed E-state index contributed by atoms with van der Waals surface area (Å²) in [5.41, 5.74) is 6.04. The van der Waals surface area contributed by atoms with Gasteiger partial charge in [0.15, 0.2) is 5.43 Å². The van der Waals surface area contributed by atoms with Gasteiger partial charge in [0.25, 0.3) is 0 Å². The fraction of sp³-hybridized carbons (Fsp3) is 0.0909. The number of fused-ring (bicyclic) bond motifs is 1. The van der Waals surface area contributed by atoms with Crippen molar-refractivity contribution < 1.29 is 9.90 Å². The predicted octanol–water partition coefficient (Wildman–Crippen LogP) is 0.616. The van der Waals surface area contributed by atoms with Crippen LogP contribution in [0, 0.1) is 0 Å². The Labute approximate surface area is 90.7 Å². The molecule has 3 N–H and O–H groups in total. The number of pyridine rings is 1. The number of nitrogens with two attached hydrogens (primary N) is 1. The fourth-order valence-electron chi connectivity index (χ4n) is 1.60. The Bertz CT molecular complexity index is 616. The molecule has 0 fully saturated rings. The zero-order valence-corrected chi connectivity index (χ0v) is 8.38. The van der Waals surface area contributed by atoms with Crippen LogP contribution in [0.3, 0.4) is 0 Å². The van der Waals surface area contributed by atoms with Gasteiger partial charge in [-0.1, -0.05) is 0 Å². The second-order valence-corrected chi connectivity index (χ2v) is 3.37. The van der Waals surface area contributed by atoms with Gasteiger partial charge in [0.1, 0.15) is 0 Å². The second-order valence-electron chi connectivity index (χ2n) is 3.37. The average molecular weight is 218 g/mol. The van der Waals surface area contributed by atoms with Crippen molar-refractivity contribution in [1.82, 2.24) is 4.57 Å². The monoisotopic (exact) mass is 218 g/mol. The van der Waals surface area contributed by atoms with E-state index in [4.69, 9.17) is 10.8 Å². The molecule has 5 heteroatoms. The van der Waals surface area contributed by atoms with Gasteiger partial charge < -0.3 is 15.4 Å². The maximum atomic E-state index is 11.6. The van der Waals surface area contributed by atoms with E-state index in [0.29, 0.717) is 10.9 Å². The van der Waals surface area contributed by atoms with Crippen molar-refractivity contribution in [3.05, 3.63) is 46.2 Å².